The highest BCUT2D eigenvalue weighted by molar-refractivity contribution is 5.96. The fraction of sp³-hybridized carbons (Fsp3) is 0. The number of fused-ring (bicyclic) bond motifs is 2. The Bertz CT molecular complexity index is 1610. The summed E-state index contributed by atoms with van der Waals surface area (Å²) >= 11 is 0. The fourth-order valence-electron chi connectivity index (χ4n) is 3.66. The highest BCUT2D eigenvalue weighted by atomic mass is 19.1. The van der Waals surface area contributed by atoms with Crippen molar-refractivity contribution in [2.75, 3.05) is 0 Å². The standard InChI is InChI=1S/C22H12F2N8/c23-14-4-2-1-3-12(14)18-19-15(5-6-27-18)29-22(30-19)20-16-17(24)13(9-28-21(16)32-31-20)11-7-25-10-26-8-11/h1-10H,(H,29,30)(H,28,31,32). The Kier molecular flexibility index (Phi) is 3.97. The number of pyridine rings is 2. The van der Waals surface area contributed by atoms with Gasteiger partial charge in [-0.25, -0.2) is 28.7 Å². The summed E-state index contributed by atoms with van der Waals surface area (Å²) < 4.78 is 29.9. The summed E-state index contributed by atoms with van der Waals surface area (Å²) in [5.41, 5.74) is 3.01. The molecule has 5 aromatic heterocycles. The summed E-state index contributed by atoms with van der Waals surface area (Å²) in [6, 6.07) is 8.04. The monoisotopic (exact) mass is 426 g/mol. The van der Waals surface area contributed by atoms with Crippen LogP contribution >= 0.6 is 0 Å². The van der Waals surface area contributed by atoms with Crippen molar-refractivity contribution in [3.8, 4) is 33.9 Å². The molecule has 0 unspecified atom stereocenters. The Morgan fingerprint density at radius 2 is 1.69 bits per heavy atom. The molecular formula is C22H12F2N8. The molecule has 6 aromatic rings. The van der Waals surface area contributed by atoms with Gasteiger partial charge in [-0.3, -0.25) is 10.1 Å². The topological polar surface area (TPSA) is 109 Å². The summed E-state index contributed by atoms with van der Waals surface area (Å²) in [4.78, 5) is 24.2. The van der Waals surface area contributed by atoms with E-state index in [9.17, 15) is 4.39 Å². The lowest BCUT2D eigenvalue weighted by Gasteiger charge is -2.03. The van der Waals surface area contributed by atoms with Gasteiger partial charge in [-0.15, -0.1) is 0 Å². The molecule has 0 amide bonds. The third-order valence-corrected chi connectivity index (χ3v) is 5.15. The van der Waals surface area contributed by atoms with Gasteiger partial charge in [-0.1, -0.05) is 12.1 Å². The van der Waals surface area contributed by atoms with Crippen LogP contribution in [0.3, 0.4) is 0 Å². The van der Waals surface area contributed by atoms with Crippen LogP contribution in [0.15, 0.2) is 61.4 Å². The molecule has 0 saturated heterocycles. The second kappa shape index (κ2) is 6.98. The molecule has 8 nitrogen and oxygen atoms in total. The van der Waals surface area contributed by atoms with E-state index in [-0.39, 0.29) is 22.3 Å². The van der Waals surface area contributed by atoms with Crippen molar-refractivity contribution in [2.45, 2.75) is 0 Å². The van der Waals surface area contributed by atoms with Crippen LogP contribution in [0.25, 0.3) is 56.0 Å². The zero-order valence-corrected chi connectivity index (χ0v) is 16.2. The predicted molar refractivity (Wildman–Crippen MR) is 113 cm³/mol. The maximum Gasteiger partial charge on any atom is 0.159 e. The zero-order chi connectivity index (χ0) is 21.7. The van der Waals surface area contributed by atoms with Gasteiger partial charge in [0.2, 0.25) is 0 Å². The molecule has 6 rings (SSSR count). The van der Waals surface area contributed by atoms with E-state index in [4.69, 9.17) is 0 Å². The molecule has 5 heterocycles. The normalized spacial score (nSPS) is 11.4. The number of H-pyrrole nitrogens is 2. The third-order valence-electron chi connectivity index (χ3n) is 5.15. The Hall–Kier alpha value is -4.60. The van der Waals surface area contributed by atoms with E-state index in [1.165, 1.54) is 31.0 Å². The molecule has 0 aliphatic rings. The van der Waals surface area contributed by atoms with Crippen molar-refractivity contribution in [3.05, 3.63) is 73.1 Å². The number of nitrogens with one attached hydrogen (secondary N) is 2. The van der Waals surface area contributed by atoms with Crippen LogP contribution in [0, 0.1) is 11.6 Å². The molecule has 10 heteroatoms. The third kappa shape index (κ3) is 2.73. The Balaban J connectivity index is 1.56. The number of benzene rings is 1. The van der Waals surface area contributed by atoms with Crippen LogP contribution < -0.4 is 0 Å². The average Bonchev–Trinajstić information content (AvgIpc) is 3.45. The summed E-state index contributed by atoms with van der Waals surface area (Å²) in [6.07, 6.45) is 7.34. The van der Waals surface area contributed by atoms with Crippen LogP contribution in [0.5, 0.6) is 0 Å². The highest BCUT2D eigenvalue weighted by Gasteiger charge is 2.21. The molecule has 0 saturated carbocycles. The Morgan fingerprint density at radius 3 is 2.53 bits per heavy atom. The van der Waals surface area contributed by atoms with Gasteiger partial charge in [0.25, 0.3) is 0 Å². The van der Waals surface area contributed by atoms with E-state index in [0.717, 1.165) is 0 Å². The second-order valence-electron chi connectivity index (χ2n) is 7.03. The molecule has 2 N–H and O–H groups in total. The number of hydrogen-bond acceptors (Lipinski definition) is 6. The smallest absolute Gasteiger partial charge is 0.159 e. The molecule has 0 fully saturated rings. The van der Waals surface area contributed by atoms with Gasteiger partial charge in [0.05, 0.1) is 10.9 Å². The first-order valence-electron chi connectivity index (χ1n) is 9.58. The average molecular weight is 426 g/mol. The zero-order valence-electron chi connectivity index (χ0n) is 16.2. The van der Waals surface area contributed by atoms with Gasteiger partial charge >= 0.3 is 0 Å². The predicted octanol–water partition coefficient (Wildman–Crippen LogP) is 4.30. The van der Waals surface area contributed by atoms with Gasteiger partial charge in [0.15, 0.2) is 11.5 Å². The molecule has 32 heavy (non-hydrogen) atoms. The molecule has 0 atom stereocenters. The van der Waals surface area contributed by atoms with E-state index in [2.05, 4.69) is 40.1 Å². The number of rotatable bonds is 3. The van der Waals surface area contributed by atoms with Gasteiger partial charge in [-0.05, 0) is 18.2 Å². The SMILES string of the molecule is Fc1ccccc1-c1nccc2[nH]c(-c3n[nH]c4ncc(-c5cncnc5)c(F)c34)nc12. The van der Waals surface area contributed by atoms with Gasteiger partial charge in [-0.2, -0.15) is 5.10 Å². The van der Waals surface area contributed by atoms with Gasteiger partial charge in [0.1, 0.15) is 34.9 Å². The molecule has 0 aliphatic carbocycles. The first-order valence-corrected chi connectivity index (χ1v) is 9.58. The first-order chi connectivity index (χ1) is 15.7. The van der Waals surface area contributed by atoms with Crippen LogP contribution in [-0.2, 0) is 0 Å². The van der Waals surface area contributed by atoms with E-state index in [0.29, 0.717) is 33.7 Å². The van der Waals surface area contributed by atoms with E-state index in [1.807, 2.05) is 0 Å². The number of aromatic nitrogens is 8. The molecule has 0 aliphatic heterocycles. The van der Waals surface area contributed by atoms with E-state index in [1.54, 1.807) is 30.5 Å². The fourth-order valence-corrected chi connectivity index (χ4v) is 3.66. The molecule has 0 radical (unpaired) electrons. The van der Waals surface area contributed by atoms with Crippen LogP contribution in [-0.4, -0.2) is 40.1 Å². The summed E-state index contributed by atoms with van der Waals surface area (Å²) in [6.45, 7) is 0. The maximum absolute atomic E-state index is 15.5. The molecule has 1 aromatic carbocycles. The lowest BCUT2D eigenvalue weighted by molar-refractivity contribution is 0.631. The summed E-state index contributed by atoms with van der Waals surface area (Å²) in [5, 5.41) is 7.14. The van der Waals surface area contributed by atoms with Crippen molar-refractivity contribution in [2.24, 2.45) is 0 Å². The second-order valence-corrected chi connectivity index (χ2v) is 7.03. The number of imidazole rings is 1. The van der Waals surface area contributed by atoms with Crippen molar-refractivity contribution < 1.29 is 8.78 Å². The number of nitrogens with zero attached hydrogens (tertiary/aromatic N) is 6. The van der Waals surface area contributed by atoms with Crippen LogP contribution in [0.2, 0.25) is 0 Å². The number of aromatic amines is 2. The Labute approximate surface area is 178 Å². The molecule has 154 valence electrons. The lowest BCUT2D eigenvalue weighted by Crippen LogP contribution is -1.92. The van der Waals surface area contributed by atoms with E-state index >= 15 is 4.39 Å². The first kappa shape index (κ1) is 18.2. The van der Waals surface area contributed by atoms with Crippen molar-refractivity contribution in [1.82, 2.24) is 40.1 Å². The largest absolute Gasteiger partial charge is 0.336 e. The quantitative estimate of drug-likeness (QED) is 0.437. The van der Waals surface area contributed by atoms with Gasteiger partial charge < -0.3 is 4.98 Å². The maximum atomic E-state index is 15.5. The highest BCUT2D eigenvalue weighted by Crippen LogP contribution is 2.34. The molecule has 0 spiro atoms. The lowest BCUT2D eigenvalue weighted by atomic mass is 10.1. The number of hydrogen-bond donors (Lipinski definition) is 2. The summed E-state index contributed by atoms with van der Waals surface area (Å²) in [7, 11) is 0. The molecular weight excluding hydrogens is 414 g/mol. The summed E-state index contributed by atoms with van der Waals surface area (Å²) in [5.74, 6) is -0.632. The Morgan fingerprint density at radius 1 is 0.844 bits per heavy atom. The van der Waals surface area contributed by atoms with Crippen LogP contribution in [0.1, 0.15) is 0 Å². The molecule has 0 bridgehead atoms. The number of halogens is 2. The van der Waals surface area contributed by atoms with E-state index < -0.39 is 11.6 Å². The van der Waals surface area contributed by atoms with Crippen LogP contribution in [0.4, 0.5) is 8.78 Å². The minimum atomic E-state index is -0.526. The minimum Gasteiger partial charge on any atom is -0.336 e. The minimum absolute atomic E-state index is 0.172. The van der Waals surface area contributed by atoms with Crippen molar-refractivity contribution in [3.63, 3.8) is 0 Å². The van der Waals surface area contributed by atoms with Crippen molar-refractivity contribution in [1.29, 1.82) is 0 Å². The van der Waals surface area contributed by atoms with Gasteiger partial charge in [0, 0.05) is 41.5 Å². The van der Waals surface area contributed by atoms with Crippen molar-refractivity contribution >= 4 is 22.1 Å².